The molecule has 0 bridgehead atoms. The first-order valence-corrected chi connectivity index (χ1v) is 4.96. The Hall–Kier alpha value is -1.29. The first kappa shape index (κ1) is 10.2. The first-order valence-electron chi connectivity index (χ1n) is 4.59. The Labute approximate surface area is 91.4 Å². The van der Waals surface area contributed by atoms with E-state index in [4.69, 9.17) is 17.3 Å². The molecule has 0 heterocycles. The lowest BCUT2D eigenvalue weighted by Crippen LogP contribution is -2.31. The molecule has 3 N–H and O–H groups in total. The van der Waals surface area contributed by atoms with Gasteiger partial charge in [0.25, 0.3) is 0 Å². The maximum absolute atomic E-state index is 13.1. The SMILES string of the molecule is NC(=O)N[C@@H]1C[C@H]1c1ccc(Cl)c(F)c1. The van der Waals surface area contributed by atoms with Crippen LogP contribution >= 0.6 is 11.6 Å². The molecule has 1 fully saturated rings. The van der Waals surface area contributed by atoms with Crippen LogP contribution in [-0.4, -0.2) is 12.1 Å². The van der Waals surface area contributed by atoms with Gasteiger partial charge >= 0.3 is 6.03 Å². The molecule has 0 spiro atoms. The molecule has 1 aliphatic carbocycles. The summed E-state index contributed by atoms with van der Waals surface area (Å²) < 4.78 is 13.1. The third-order valence-electron chi connectivity index (χ3n) is 2.49. The number of nitrogens with one attached hydrogen (secondary N) is 1. The summed E-state index contributed by atoms with van der Waals surface area (Å²) >= 11 is 5.56. The van der Waals surface area contributed by atoms with Gasteiger partial charge in [-0.25, -0.2) is 9.18 Å². The zero-order valence-electron chi connectivity index (χ0n) is 7.84. The molecule has 1 aromatic carbocycles. The molecule has 2 rings (SSSR count). The van der Waals surface area contributed by atoms with Gasteiger partial charge in [0.1, 0.15) is 5.82 Å². The number of nitrogens with two attached hydrogens (primary N) is 1. The molecule has 0 unspecified atom stereocenters. The second-order valence-corrected chi connectivity index (χ2v) is 4.04. The number of halogens is 2. The molecule has 2 atom stereocenters. The average molecular weight is 229 g/mol. The minimum Gasteiger partial charge on any atom is -0.352 e. The number of carbonyl (C=O) groups is 1. The van der Waals surface area contributed by atoms with Gasteiger partial charge in [0.05, 0.1) is 5.02 Å². The van der Waals surface area contributed by atoms with Crippen LogP contribution in [-0.2, 0) is 0 Å². The van der Waals surface area contributed by atoms with E-state index in [0.29, 0.717) is 0 Å². The fourth-order valence-corrected chi connectivity index (χ4v) is 1.77. The molecule has 0 aliphatic heterocycles. The van der Waals surface area contributed by atoms with Crippen LogP contribution in [0.25, 0.3) is 0 Å². The molecular weight excluding hydrogens is 219 g/mol. The number of benzene rings is 1. The Balaban J connectivity index is 2.07. The molecule has 0 aromatic heterocycles. The maximum Gasteiger partial charge on any atom is 0.312 e. The molecule has 0 radical (unpaired) electrons. The van der Waals surface area contributed by atoms with Gasteiger partial charge in [-0.15, -0.1) is 0 Å². The van der Waals surface area contributed by atoms with Gasteiger partial charge in [0.15, 0.2) is 0 Å². The Bertz CT molecular complexity index is 410. The van der Waals surface area contributed by atoms with Crippen molar-refractivity contribution in [3.8, 4) is 0 Å². The van der Waals surface area contributed by atoms with Crippen LogP contribution in [0.4, 0.5) is 9.18 Å². The largest absolute Gasteiger partial charge is 0.352 e. The number of hydrogen-bond acceptors (Lipinski definition) is 1. The van der Waals surface area contributed by atoms with Gasteiger partial charge in [0.2, 0.25) is 0 Å². The monoisotopic (exact) mass is 228 g/mol. The van der Waals surface area contributed by atoms with Crippen LogP contribution in [0.1, 0.15) is 17.9 Å². The van der Waals surface area contributed by atoms with E-state index >= 15 is 0 Å². The van der Waals surface area contributed by atoms with Crippen molar-refractivity contribution in [1.82, 2.24) is 5.32 Å². The van der Waals surface area contributed by atoms with Crippen LogP contribution in [0.15, 0.2) is 18.2 Å². The molecule has 1 aliphatic rings. The van der Waals surface area contributed by atoms with E-state index in [-0.39, 0.29) is 17.0 Å². The lowest BCUT2D eigenvalue weighted by atomic mass is 10.1. The third kappa shape index (κ3) is 2.21. The lowest BCUT2D eigenvalue weighted by molar-refractivity contribution is 0.248. The summed E-state index contributed by atoms with van der Waals surface area (Å²) in [5, 5.41) is 2.69. The van der Waals surface area contributed by atoms with Gasteiger partial charge in [0, 0.05) is 12.0 Å². The average Bonchev–Trinajstić information content (AvgIpc) is 2.88. The second-order valence-electron chi connectivity index (χ2n) is 3.63. The van der Waals surface area contributed by atoms with Crippen molar-refractivity contribution >= 4 is 17.6 Å². The minimum absolute atomic E-state index is 0.0306. The van der Waals surface area contributed by atoms with E-state index in [9.17, 15) is 9.18 Å². The highest BCUT2D eigenvalue weighted by atomic mass is 35.5. The highest BCUT2D eigenvalue weighted by molar-refractivity contribution is 6.30. The van der Waals surface area contributed by atoms with Gasteiger partial charge in [-0.3, -0.25) is 0 Å². The summed E-state index contributed by atoms with van der Waals surface area (Å²) in [6, 6.07) is 4.17. The fraction of sp³-hybridized carbons (Fsp3) is 0.300. The highest BCUT2D eigenvalue weighted by Gasteiger charge is 2.39. The Morgan fingerprint density at radius 1 is 1.60 bits per heavy atom. The summed E-state index contributed by atoms with van der Waals surface area (Å²) in [7, 11) is 0. The van der Waals surface area contributed by atoms with Crippen molar-refractivity contribution in [2.45, 2.75) is 18.4 Å². The van der Waals surface area contributed by atoms with Gasteiger partial charge in [-0.1, -0.05) is 17.7 Å². The van der Waals surface area contributed by atoms with E-state index in [2.05, 4.69) is 5.32 Å². The molecule has 1 aromatic rings. The molecule has 15 heavy (non-hydrogen) atoms. The second kappa shape index (κ2) is 3.70. The van der Waals surface area contributed by atoms with Crippen LogP contribution in [0.5, 0.6) is 0 Å². The molecule has 2 amide bonds. The fourth-order valence-electron chi connectivity index (χ4n) is 1.65. The van der Waals surface area contributed by atoms with Crippen molar-refractivity contribution < 1.29 is 9.18 Å². The van der Waals surface area contributed by atoms with Gasteiger partial charge in [-0.2, -0.15) is 0 Å². The van der Waals surface area contributed by atoms with Crippen LogP contribution in [0.3, 0.4) is 0 Å². The summed E-state index contributed by atoms with van der Waals surface area (Å²) in [5.74, 6) is -0.275. The number of hydrogen-bond donors (Lipinski definition) is 2. The van der Waals surface area contributed by atoms with Crippen LogP contribution in [0.2, 0.25) is 5.02 Å². The maximum atomic E-state index is 13.1. The number of amides is 2. The van der Waals surface area contributed by atoms with Crippen molar-refractivity contribution in [3.05, 3.63) is 34.6 Å². The number of primary amides is 1. The molecule has 3 nitrogen and oxygen atoms in total. The third-order valence-corrected chi connectivity index (χ3v) is 2.80. The normalized spacial score (nSPS) is 23.6. The Kier molecular flexibility index (Phi) is 2.52. The standard InChI is InChI=1S/C10H10ClFN2O/c11-7-2-1-5(3-8(7)12)6-4-9(6)14-10(13)15/h1-3,6,9H,4H2,(H3,13,14,15)/t6-,9+/m0/s1. The molecule has 80 valence electrons. The predicted molar refractivity (Wildman–Crippen MR) is 55.3 cm³/mol. The summed E-state index contributed by atoms with van der Waals surface area (Å²) in [6.07, 6.45) is 0.796. The Morgan fingerprint density at radius 3 is 2.93 bits per heavy atom. The van der Waals surface area contributed by atoms with Gasteiger partial charge in [-0.05, 0) is 24.1 Å². The van der Waals surface area contributed by atoms with Crippen molar-refractivity contribution in [3.63, 3.8) is 0 Å². The van der Waals surface area contributed by atoms with Crippen LogP contribution < -0.4 is 11.1 Å². The zero-order valence-corrected chi connectivity index (χ0v) is 8.59. The highest BCUT2D eigenvalue weighted by Crippen LogP contribution is 2.41. The first-order chi connectivity index (χ1) is 7.08. The topological polar surface area (TPSA) is 55.1 Å². The Morgan fingerprint density at radius 2 is 2.33 bits per heavy atom. The van der Waals surface area contributed by atoms with Crippen molar-refractivity contribution in [1.29, 1.82) is 0 Å². The summed E-state index contributed by atoms with van der Waals surface area (Å²) in [5.41, 5.74) is 5.83. The summed E-state index contributed by atoms with van der Waals surface area (Å²) in [6.45, 7) is 0. The van der Waals surface area contributed by atoms with E-state index < -0.39 is 11.8 Å². The molecule has 5 heteroatoms. The zero-order chi connectivity index (χ0) is 11.0. The van der Waals surface area contributed by atoms with Crippen molar-refractivity contribution in [2.24, 2.45) is 5.73 Å². The lowest BCUT2D eigenvalue weighted by Gasteiger charge is -2.02. The van der Waals surface area contributed by atoms with E-state index in [1.807, 2.05) is 0 Å². The summed E-state index contributed by atoms with van der Waals surface area (Å²) in [4.78, 5) is 10.6. The molecular formula is C10H10ClFN2O. The number of urea groups is 1. The molecule has 0 saturated heterocycles. The van der Waals surface area contributed by atoms with Crippen molar-refractivity contribution in [2.75, 3.05) is 0 Å². The quantitative estimate of drug-likeness (QED) is 0.799. The predicted octanol–water partition coefficient (Wildman–Crippen LogP) is 2.00. The molecule has 1 saturated carbocycles. The smallest absolute Gasteiger partial charge is 0.312 e. The number of carbonyl (C=O) groups excluding carboxylic acids is 1. The minimum atomic E-state index is -0.545. The van der Waals surface area contributed by atoms with E-state index in [1.54, 1.807) is 6.07 Å². The van der Waals surface area contributed by atoms with Crippen LogP contribution in [0, 0.1) is 5.82 Å². The van der Waals surface area contributed by atoms with E-state index in [1.165, 1.54) is 12.1 Å². The van der Waals surface area contributed by atoms with E-state index in [0.717, 1.165) is 12.0 Å². The number of rotatable bonds is 2. The van der Waals surface area contributed by atoms with Gasteiger partial charge < -0.3 is 11.1 Å².